The van der Waals surface area contributed by atoms with Gasteiger partial charge in [0.25, 0.3) is 0 Å². The summed E-state index contributed by atoms with van der Waals surface area (Å²) >= 11 is 0. The molecular formula is C14H12O4. The van der Waals surface area contributed by atoms with Gasteiger partial charge in [0.15, 0.2) is 0 Å². The number of carboxylic acids is 1. The Bertz CT molecular complexity index is 644. The average Bonchev–Trinajstić information content (AvgIpc) is 2.28. The van der Waals surface area contributed by atoms with E-state index in [4.69, 9.17) is 9.84 Å². The van der Waals surface area contributed by atoms with Crippen LogP contribution in [-0.2, 0) is 4.79 Å². The van der Waals surface area contributed by atoms with Crippen molar-refractivity contribution in [3.63, 3.8) is 0 Å². The average molecular weight is 244 g/mol. The Hall–Kier alpha value is -2.36. The Morgan fingerprint density at radius 1 is 1.22 bits per heavy atom. The number of benzene rings is 2. The van der Waals surface area contributed by atoms with Gasteiger partial charge in [-0.25, -0.2) is 4.79 Å². The summed E-state index contributed by atoms with van der Waals surface area (Å²) in [6.45, 7) is 3.05. The number of ether oxygens (including phenoxy) is 1. The quantitative estimate of drug-likeness (QED) is 0.651. The van der Waals surface area contributed by atoms with E-state index < -0.39 is 11.9 Å². The lowest BCUT2D eigenvalue weighted by atomic mass is 10.0. The van der Waals surface area contributed by atoms with E-state index in [1.165, 1.54) is 6.92 Å². The molecule has 0 radical (unpaired) electrons. The minimum atomic E-state index is -0.965. The van der Waals surface area contributed by atoms with E-state index in [2.05, 4.69) is 0 Å². The van der Waals surface area contributed by atoms with Gasteiger partial charge in [-0.05, 0) is 36.1 Å². The number of carbonyl (C=O) groups excluding carboxylic acids is 1. The lowest BCUT2D eigenvalue weighted by Crippen LogP contribution is -2.03. The molecule has 0 atom stereocenters. The Kier molecular flexibility index (Phi) is 3.02. The maximum atomic E-state index is 11.0. The molecule has 4 heteroatoms. The van der Waals surface area contributed by atoms with Gasteiger partial charge in [-0.1, -0.05) is 12.1 Å². The lowest BCUT2D eigenvalue weighted by molar-refractivity contribution is -0.131. The highest BCUT2D eigenvalue weighted by Gasteiger charge is 2.11. The molecule has 2 aromatic rings. The molecule has 0 heterocycles. The molecule has 0 fully saturated rings. The van der Waals surface area contributed by atoms with E-state index in [0.717, 1.165) is 10.8 Å². The summed E-state index contributed by atoms with van der Waals surface area (Å²) in [4.78, 5) is 22.0. The summed E-state index contributed by atoms with van der Waals surface area (Å²) in [6.07, 6.45) is 0. The first-order valence-corrected chi connectivity index (χ1v) is 5.44. The van der Waals surface area contributed by atoms with Crippen molar-refractivity contribution < 1.29 is 19.4 Å². The van der Waals surface area contributed by atoms with Crippen LogP contribution in [-0.4, -0.2) is 17.0 Å². The highest BCUT2D eigenvalue weighted by molar-refractivity contribution is 5.98. The van der Waals surface area contributed by atoms with Gasteiger partial charge in [0.05, 0.1) is 5.56 Å². The Morgan fingerprint density at radius 3 is 2.56 bits per heavy atom. The molecule has 0 aromatic heterocycles. The van der Waals surface area contributed by atoms with Crippen LogP contribution in [0.3, 0.4) is 0 Å². The molecule has 0 unspecified atom stereocenters. The molecular weight excluding hydrogens is 232 g/mol. The Balaban J connectivity index is 2.68. The summed E-state index contributed by atoms with van der Waals surface area (Å²) in [6, 6.07) is 8.50. The molecule has 0 bridgehead atoms. The van der Waals surface area contributed by atoms with Crippen LogP contribution in [0.4, 0.5) is 0 Å². The zero-order valence-corrected chi connectivity index (χ0v) is 10.1. The van der Waals surface area contributed by atoms with Crippen LogP contribution in [0.2, 0.25) is 0 Å². The zero-order valence-electron chi connectivity index (χ0n) is 10.1. The molecule has 0 aliphatic heterocycles. The zero-order chi connectivity index (χ0) is 13.3. The second-order valence-electron chi connectivity index (χ2n) is 4.04. The van der Waals surface area contributed by atoms with Crippen molar-refractivity contribution in [2.45, 2.75) is 13.8 Å². The van der Waals surface area contributed by atoms with Gasteiger partial charge in [0.1, 0.15) is 5.75 Å². The third-order valence-corrected chi connectivity index (χ3v) is 2.67. The first-order chi connectivity index (χ1) is 8.49. The number of aryl methyl sites for hydroxylation is 1. The molecule has 92 valence electrons. The number of hydrogen-bond donors (Lipinski definition) is 1. The number of aromatic carboxylic acids is 1. The van der Waals surface area contributed by atoms with Crippen LogP contribution in [0, 0.1) is 6.92 Å². The number of rotatable bonds is 2. The summed E-state index contributed by atoms with van der Waals surface area (Å²) in [7, 11) is 0. The smallest absolute Gasteiger partial charge is 0.335 e. The standard InChI is InChI=1S/C14H12O4/c1-8-6-12-10(7-11(8)14(16)17)4-3-5-13(12)18-9(2)15/h3-7H,1-2H3,(H,16,17). The molecule has 0 spiro atoms. The number of carboxylic acid groups (broad SMARTS) is 1. The molecule has 18 heavy (non-hydrogen) atoms. The molecule has 0 saturated heterocycles. The van der Waals surface area contributed by atoms with Crippen molar-refractivity contribution in [3.05, 3.63) is 41.5 Å². The van der Waals surface area contributed by atoms with Gasteiger partial charge in [-0.2, -0.15) is 0 Å². The van der Waals surface area contributed by atoms with Gasteiger partial charge in [0.2, 0.25) is 0 Å². The second kappa shape index (κ2) is 4.49. The molecule has 4 nitrogen and oxygen atoms in total. The van der Waals surface area contributed by atoms with E-state index in [1.54, 1.807) is 37.3 Å². The number of esters is 1. The number of fused-ring (bicyclic) bond motifs is 1. The second-order valence-corrected chi connectivity index (χ2v) is 4.04. The van der Waals surface area contributed by atoms with Crippen LogP contribution in [0.5, 0.6) is 5.75 Å². The monoisotopic (exact) mass is 244 g/mol. The maximum Gasteiger partial charge on any atom is 0.335 e. The number of carbonyl (C=O) groups is 2. The van der Waals surface area contributed by atoms with E-state index in [1.807, 2.05) is 0 Å². The molecule has 2 rings (SSSR count). The van der Waals surface area contributed by atoms with Crippen LogP contribution in [0.1, 0.15) is 22.8 Å². The first-order valence-electron chi connectivity index (χ1n) is 5.44. The lowest BCUT2D eigenvalue weighted by Gasteiger charge is -2.08. The van der Waals surface area contributed by atoms with E-state index in [0.29, 0.717) is 11.3 Å². The Labute approximate surface area is 104 Å². The summed E-state index contributed by atoms with van der Waals surface area (Å²) < 4.78 is 5.10. The van der Waals surface area contributed by atoms with Crippen molar-refractivity contribution in [2.24, 2.45) is 0 Å². The largest absolute Gasteiger partial charge is 0.478 e. The highest BCUT2D eigenvalue weighted by Crippen LogP contribution is 2.28. The predicted molar refractivity (Wildman–Crippen MR) is 67.0 cm³/mol. The van der Waals surface area contributed by atoms with Crippen LogP contribution >= 0.6 is 0 Å². The highest BCUT2D eigenvalue weighted by atomic mass is 16.5. The molecule has 2 aromatic carbocycles. The van der Waals surface area contributed by atoms with E-state index >= 15 is 0 Å². The molecule has 1 N–H and O–H groups in total. The van der Waals surface area contributed by atoms with E-state index in [-0.39, 0.29) is 5.56 Å². The van der Waals surface area contributed by atoms with Crippen LogP contribution in [0.25, 0.3) is 10.8 Å². The fourth-order valence-electron chi connectivity index (χ4n) is 1.88. The molecule has 0 amide bonds. The fraction of sp³-hybridized carbons (Fsp3) is 0.143. The minimum Gasteiger partial charge on any atom is -0.478 e. The summed E-state index contributed by atoms with van der Waals surface area (Å²) in [5.74, 6) is -0.921. The van der Waals surface area contributed by atoms with E-state index in [9.17, 15) is 9.59 Å². The van der Waals surface area contributed by atoms with Gasteiger partial charge in [-0.15, -0.1) is 0 Å². The van der Waals surface area contributed by atoms with Gasteiger partial charge < -0.3 is 9.84 Å². The minimum absolute atomic E-state index is 0.252. The van der Waals surface area contributed by atoms with Crippen molar-refractivity contribution >= 4 is 22.7 Å². The summed E-state index contributed by atoms with van der Waals surface area (Å²) in [5.41, 5.74) is 0.886. The van der Waals surface area contributed by atoms with Crippen molar-refractivity contribution in [3.8, 4) is 5.75 Å². The predicted octanol–water partition coefficient (Wildman–Crippen LogP) is 2.77. The topological polar surface area (TPSA) is 63.6 Å². The normalized spacial score (nSPS) is 10.3. The summed E-state index contributed by atoms with van der Waals surface area (Å²) in [5, 5.41) is 10.5. The van der Waals surface area contributed by atoms with Crippen molar-refractivity contribution in [1.29, 1.82) is 0 Å². The van der Waals surface area contributed by atoms with Gasteiger partial charge in [-0.3, -0.25) is 4.79 Å². The maximum absolute atomic E-state index is 11.0. The van der Waals surface area contributed by atoms with Gasteiger partial charge in [0, 0.05) is 12.3 Å². The molecule has 0 aliphatic carbocycles. The van der Waals surface area contributed by atoms with Crippen molar-refractivity contribution in [1.82, 2.24) is 0 Å². The van der Waals surface area contributed by atoms with Gasteiger partial charge >= 0.3 is 11.9 Å². The van der Waals surface area contributed by atoms with Crippen LogP contribution in [0.15, 0.2) is 30.3 Å². The Morgan fingerprint density at radius 2 is 1.94 bits per heavy atom. The van der Waals surface area contributed by atoms with Crippen molar-refractivity contribution in [2.75, 3.05) is 0 Å². The fourth-order valence-corrected chi connectivity index (χ4v) is 1.88. The SMILES string of the molecule is CC(=O)Oc1cccc2cc(C(=O)O)c(C)cc12. The third kappa shape index (κ3) is 2.18. The molecule has 0 aliphatic rings. The first kappa shape index (κ1) is 12.1. The number of hydrogen-bond acceptors (Lipinski definition) is 3. The van der Waals surface area contributed by atoms with Crippen LogP contribution < -0.4 is 4.74 Å². The molecule has 0 saturated carbocycles. The third-order valence-electron chi connectivity index (χ3n) is 2.67.